The Morgan fingerprint density at radius 2 is 1.91 bits per heavy atom. The van der Waals surface area contributed by atoms with E-state index in [4.69, 9.17) is 10.5 Å². The Kier molecular flexibility index (Phi) is 5.42. The van der Waals surface area contributed by atoms with Crippen LogP contribution in [0.15, 0.2) is 42.5 Å². The second-order valence-electron chi connectivity index (χ2n) is 5.22. The van der Waals surface area contributed by atoms with E-state index >= 15 is 0 Å². The summed E-state index contributed by atoms with van der Waals surface area (Å²) in [7, 11) is 0. The molecule has 1 amide bonds. The fourth-order valence-electron chi connectivity index (χ4n) is 2.16. The van der Waals surface area contributed by atoms with Crippen molar-refractivity contribution in [3.63, 3.8) is 0 Å². The van der Waals surface area contributed by atoms with Crippen LogP contribution in [0.1, 0.15) is 24.5 Å². The van der Waals surface area contributed by atoms with Crippen molar-refractivity contribution in [2.75, 3.05) is 17.7 Å². The average Bonchev–Trinajstić information content (AvgIpc) is 2.50. The third-order valence-electron chi connectivity index (χ3n) is 3.35. The van der Waals surface area contributed by atoms with Gasteiger partial charge < -0.3 is 15.8 Å². The Bertz CT molecular complexity index is 636. The quantitative estimate of drug-likeness (QED) is 0.802. The van der Waals surface area contributed by atoms with E-state index in [1.165, 1.54) is 5.56 Å². The minimum absolute atomic E-state index is 0.00342. The lowest BCUT2D eigenvalue weighted by Gasteiger charge is -2.09. The predicted octanol–water partition coefficient (Wildman–Crippen LogP) is 3.55. The highest BCUT2D eigenvalue weighted by Crippen LogP contribution is 2.23. The number of hydrogen-bond acceptors (Lipinski definition) is 3. The van der Waals surface area contributed by atoms with Crippen LogP contribution in [0.3, 0.4) is 0 Å². The molecule has 0 atom stereocenters. The van der Waals surface area contributed by atoms with E-state index < -0.39 is 0 Å². The minimum Gasteiger partial charge on any atom is -0.492 e. The lowest BCUT2D eigenvalue weighted by atomic mass is 10.1. The average molecular weight is 298 g/mol. The van der Waals surface area contributed by atoms with Gasteiger partial charge >= 0.3 is 0 Å². The van der Waals surface area contributed by atoms with Crippen LogP contribution < -0.4 is 15.8 Å². The maximum Gasteiger partial charge on any atom is 0.224 e. The molecule has 0 aliphatic rings. The highest BCUT2D eigenvalue weighted by molar-refractivity contribution is 5.90. The number of nitrogens with two attached hydrogens (primary N) is 1. The van der Waals surface area contributed by atoms with Crippen molar-refractivity contribution in [3.8, 4) is 5.75 Å². The van der Waals surface area contributed by atoms with Gasteiger partial charge in [0.15, 0.2) is 0 Å². The first-order chi connectivity index (χ1) is 10.6. The predicted molar refractivity (Wildman–Crippen MR) is 90.2 cm³/mol. The highest BCUT2D eigenvalue weighted by atomic mass is 16.5. The van der Waals surface area contributed by atoms with Gasteiger partial charge in [0.05, 0.1) is 12.3 Å². The Morgan fingerprint density at radius 1 is 1.18 bits per heavy atom. The van der Waals surface area contributed by atoms with Crippen molar-refractivity contribution in [2.24, 2.45) is 0 Å². The number of carbonyl (C=O) groups is 1. The number of anilines is 2. The number of rotatable bonds is 6. The summed E-state index contributed by atoms with van der Waals surface area (Å²) in [5.74, 6) is 0.687. The van der Waals surface area contributed by atoms with Gasteiger partial charge in [0.2, 0.25) is 5.91 Å². The summed E-state index contributed by atoms with van der Waals surface area (Å²) in [4.78, 5) is 12.0. The van der Waals surface area contributed by atoms with Crippen molar-refractivity contribution in [2.45, 2.75) is 26.7 Å². The SMILES string of the molecule is CCOc1ccc(CCC(=O)Nc2ccc(C)cc2)cc1N. The van der Waals surface area contributed by atoms with E-state index in [2.05, 4.69) is 5.32 Å². The van der Waals surface area contributed by atoms with Gasteiger partial charge in [-0.05, 0) is 50.1 Å². The zero-order valence-electron chi connectivity index (χ0n) is 13.1. The second-order valence-corrected chi connectivity index (χ2v) is 5.22. The molecule has 0 unspecified atom stereocenters. The molecule has 116 valence electrons. The molecule has 0 saturated carbocycles. The topological polar surface area (TPSA) is 64.3 Å². The molecule has 2 aromatic carbocycles. The van der Waals surface area contributed by atoms with Crippen LogP contribution >= 0.6 is 0 Å². The molecule has 0 aliphatic heterocycles. The summed E-state index contributed by atoms with van der Waals surface area (Å²) >= 11 is 0. The Hall–Kier alpha value is -2.49. The summed E-state index contributed by atoms with van der Waals surface area (Å²) in [6.07, 6.45) is 1.07. The van der Waals surface area contributed by atoms with Gasteiger partial charge in [-0.15, -0.1) is 0 Å². The van der Waals surface area contributed by atoms with Gasteiger partial charge in [-0.2, -0.15) is 0 Å². The first kappa shape index (κ1) is 15.9. The Balaban J connectivity index is 1.88. The number of aryl methyl sites for hydroxylation is 2. The zero-order valence-corrected chi connectivity index (χ0v) is 13.1. The molecule has 4 heteroatoms. The standard InChI is InChI=1S/C18H22N2O2/c1-3-22-17-10-6-14(12-16(17)19)7-11-18(21)20-15-8-4-13(2)5-9-15/h4-6,8-10,12H,3,7,11,19H2,1-2H3,(H,20,21). The van der Waals surface area contributed by atoms with Gasteiger partial charge in [-0.3, -0.25) is 4.79 Å². The van der Waals surface area contributed by atoms with E-state index in [9.17, 15) is 4.79 Å². The molecule has 0 fully saturated rings. The van der Waals surface area contributed by atoms with Crippen molar-refractivity contribution in [1.29, 1.82) is 0 Å². The number of carbonyl (C=O) groups excluding carboxylic acids is 1. The first-order valence-corrected chi connectivity index (χ1v) is 7.46. The summed E-state index contributed by atoms with van der Waals surface area (Å²) < 4.78 is 5.40. The van der Waals surface area contributed by atoms with Crippen LogP contribution in [0.5, 0.6) is 5.75 Å². The van der Waals surface area contributed by atoms with E-state index in [-0.39, 0.29) is 5.91 Å². The smallest absolute Gasteiger partial charge is 0.224 e. The number of ether oxygens (including phenoxy) is 1. The van der Waals surface area contributed by atoms with Crippen LogP contribution in [-0.4, -0.2) is 12.5 Å². The molecular formula is C18H22N2O2. The molecule has 22 heavy (non-hydrogen) atoms. The molecule has 0 heterocycles. The van der Waals surface area contributed by atoms with Crippen molar-refractivity contribution in [3.05, 3.63) is 53.6 Å². The number of nitrogen functional groups attached to an aromatic ring is 1. The maximum absolute atomic E-state index is 12.0. The molecule has 0 radical (unpaired) electrons. The third-order valence-corrected chi connectivity index (χ3v) is 3.35. The molecule has 0 aliphatic carbocycles. The monoisotopic (exact) mass is 298 g/mol. The van der Waals surface area contributed by atoms with E-state index in [1.54, 1.807) is 0 Å². The van der Waals surface area contributed by atoms with Crippen LogP contribution in [0.25, 0.3) is 0 Å². The summed E-state index contributed by atoms with van der Waals surface area (Å²) in [5, 5.41) is 2.89. The molecule has 2 rings (SSSR count). The molecule has 0 saturated heterocycles. The summed E-state index contributed by atoms with van der Waals surface area (Å²) in [6, 6.07) is 13.4. The van der Waals surface area contributed by atoms with Crippen molar-refractivity contribution >= 4 is 17.3 Å². The van der Waals surface area contributed by atoms with E-state index in [0.29, 0.717) is 30.9 Å². The normalized spacial score (nSPS) is 10.3. The van der Waals surface area contributed by atoms with Gasteiger partial charge in [-0.25, -0.2) is 0 Å². The molecule has 2 aromatic rings. The fourth-order valence-corrected chi connectivity index (χ4v) is 2.16. The Morgan fingerprint density at radius 3 is 2.55 bits per heavy atom. The molecule has 3 N–H and O–H groups in total. The molecular weight excluding hydrogens is 276 g/mol. The van der Waals surface area contributed by atoms with Crippen molar-refractivity contribution in [1.82, 2.24) is 0 Å². The summed E-state index contributed by atoms with van der Waals surface area (Å²) in [6.45, 7) is 4.52. The van der Waals surface area contributed by atoms with Gasteiger partial charge in [0.25, 0.3) is 0 Å². The maximum atomic E-state index is 12.0. The number of hydrogen-bond donors (Lipinski definition) is 2. The lowest BCUT2D eigenvalue weighted by molar-refractivity contribution is -0.116. The highest BCUT2D eigenvalue weighted by Gasteiger charge is 2.06. The Labute approximate surface area is 131 Å². The van der Waals surface area contributed by atoms with E-state index in [1.807, 2.05) is 56.3 Å². The van der Waals surface area contributed by atoms with Crippen LogP contribution in [0.2, 0.25) is 0 Å². The van der Waals surface area contributed by atoms with Gasteiger partial charge in [-0.1, -0.05) is 23.8 Å². The molecule has 0 spiro atoms. The number of benzene rings is 2. The second kappa shape index (κ2) is 7.50. The lowest BCUT2D eigenvalue weighted by Crippen LogP contribution is -2.12. The first-order valence-electron chi connectivity index (χ1n) is 7.46. The van der Waals surface area contributed by atoms with E-state index in [0.717, 1.165) is 11.3 Å². The van der Waals surface area contributed by atoms with Gasteiger partial charge in [0, 0.05) is 12.1 Å². The largest absolute Gasteiger partial charge is 0.492 e. The zero-order chi connectivity index (χ0) is 15.9. The number of amides is 1. The minimum atomic E-state index is -0.00342. The number of nitrogens with one attached hydrogen (secondary N) is 1. The van der Waals surface area contributed by atoms with Crippen LogP contribution in [0.4, 0.5) is 11.4 Å². The molecule has 0 bridgehead atoms. The van der Waals surface area contributed by atoms with Gasteiger partial charge in [0.1, 0.15) is 5.75 Å². The van der Waals surface area contributed by atoms with Crippen LogP contribution in [0, 0.1) is 6.92 Å². The molecule has 0 aromatic heterocycles. The fraction of sp³-hybridized carbons (Fsp3) is 0.278. The summed E-state index contributed by atoms with van der Waals surface area (Å²) in [5.41, 5.74) is 9.55. The van der Waals surface area contributed by atoms with Crippen molar-refractivity contribution < 1.29 is 9.53 Å². The van der Waals surface area contributed by atoms with Crippen LogP contribution in [-0.2, 0) is 11.2 Å². The molecule has 4 nitrogen and oxygen atoms in total. The third kappa shape index (κ3) is 4.52.